The van der Waals surface area contributed by atoms with Crippen molar-refractivity contribution in [1.29, 1.82) is 0 Å². The van der Waals surface area contributed by atoms with Crippen molar-refractivity contribution < 1.29 is 10.0 Å². The largest absolute Gasteiger partial charge is 0.490 e. The summed E-state index contributed by atoms with van der Waals surface area (Å²) in [5.74, 6) is 0.687. The SMILES string of the molecule is OB(O)c1ccc(-n2ccnc2)nc1. The fourth-order valence-electron chi connectivity index (χ4n) is 1.10. The van der Waals surface area contributed by atoms with Crippen LogP contribution in [0.15, 0.2) is 37.1 Å². The molecule has 70 valence electrons. The second-order valence-electron chi connectivity index (χ2n) is 2.79. The minimum absolute atomic E-state index is 0.369. The van der Waals surface area contributed by atoms with Crippen molar-refractivity contribution in [3.8, 4) is 5.82 Å². The first-order chi connectivity index (χ1) is 6.77. The van der Waals surface area contributed by atoms with Crippen molar-refractivity contribution in [2.45, 2.75) is 0 Å². The number of hydrogen-bond donors (Lipinski definition) is 2. The van der Waals surface area contributed by atoms with E-state index in [4.69, 9.17) is 10.0 Å². The van der Waals surface area contributed by atoms with Crippen molar-refractivity contribution in [2.24, 2.45) is 0 Å². The predicted molar refractivity (Wildman–Crippen MR) is 51.2 cm³/mol. The number of nitrogens with zero attached hydrogens (tertiary/aromatic N) is 3. The van der Waals surface area contributed by atoms with Gasteiger partial charge in [-0.25, -0.2) is 9.97 Å². The van der Waals surface area contributed by atoms with E-state index in [-0.39, 0.29) is 0 Å². The molecule has 2 aromatic heterocycles. The smallest absolute Gasteiger partial charge is 0.423 e. The number of rotatable bonds is 2. The van der Waals surface area contributed by atoms with Gasteiger partial charge in [-0.05, 0) is 6.07 Å². The molecule has 6 heteroatoms. The third-order valence-corrected chi connectivity index (χ3v) is 1.84. The molecule has 0 aliphatic heterocycles. The van der Waals surface area contributed by atoms with Crippen molar-refractivity contribution in [1.82, 2.24) is 14.5 Å². The molecule has 0 bridgehead atoms. The highest BCUT2D eigenvalue weighted by molar-refractivity contribution is 6.58. The van der Waals surface area contributed by atoms with Gasteiger partial charge in [0.25, 0.3) is 0 Å². The average Bonchev–Trinajstić information content (AvgIpc) is 2.71. The van der Waals surface area contributed by atoms with Gasteiger partial charge >= 0.3 is 7.12 Å². The highest BCUT2D eigenvalue weighted by Crippen LogP contribution is 1.99. The highest BCUT2D eigenvalue weighted by Gasteiger charge is 2.10. The van der Waals surface area contributed by atoms with Gasteiger partial charge in [0.2, 0.25) is 0 Å². The van der Waals surface area contributed by atoms with Crippen LogP contribution in [-0.2, 0) is 0 Å². The molecule has 0 amide bonds. The molecule has 0 spiro atoms. The quantitative estimate of drug-likeness (QED) is 0.591. The Morgan fingerprint density at radius 2 is 2.14 bits per heavy atom. The summed E-state index contributed by atoms with van der Waals surface area (Å²) in [7, 11) is -1.47. The first-order valence-corrected chi connectivity index (χ1v) is 4.08. The maximum Gasteiger partial charge on any atom is 0.490 e. The Bertz CT molecular complexity index is 399. The molecule has 2 heterocycles. The lowest BCUT2D eigenvalue weighted by atomic mass is 9.82. The number of pyridine rings is 1. The van der Waals surface area contributed by atoms with Crippen LogP contribution in [0.25, 0.3) is 5.82 Å². The summed E-state index contributed by atoms with van der Waals surface area (Å²) in [6.45, 7) is 0. The molecular formula is C8H8BN3O2. The van der Waals surface area contributed by atoms with Gasteiger partial charge in [-0.3, -0.25) is 4.57 Å². The van der Waals surface area contributed by atoms with Crippen LogP contribution in [0.3, 0.4) is 0 Å². The third kappa shape index (κ3) is 1.66. The molecule has 0 aliphatic rings. The van der Waals surface area contributed by atoms with Crippen LogP contribution >= 0.6 is 0 Å². The summed E-state index contributed by atoms with van der Waals surface area (Å²) in [6.07, 6.45) is 6.45. The van der Waals surface area contributed by atoms with Gasteiger partial charge in [-0.15, -0.1) is 0 Å². The molecule has 5 nitrogen and oxygen atoms in total. The first-order valence-electron chi connectivity index (χ1n) is 4.08. The molecule has 0 saturated heterocycles. The molecule has 14 heavy (non-hydrogen) atoms. The van der Waals surface area contributed by atoms with E-state index in [0.717, 1.165) is 0 Å². The number of aromatic nitrogens is 3. The Hall–Kier alpha value is -1.66. The molecule has 2 N–H and O–H groups in total. The van der Waals surface area contributed by atoms with E-state index in [1.54, 1.807) is 35.4 Å². The third-order valence-electron chi connectivity index (χ3n) is 1.84. The molecule has 0 unspecified atom stereocenters. The van der Waals surface area contributed by atoms with Gasteiger partial charge in [0, 0.05) is 24.1 Å². The van der Waals surface area contributed by atoms with Gasteiger partial charge in [-0.1, -0.05) is 6.07 Å². The van der Waals surface area contributed by atoms with Crippen LogP contribution in [0.5, 0.6) is 0 Å². The standard InChI is InChI=1S/C8H8BN3O2/c13-9(14)7-1-2-8(11-5-7)12-4-3-10-6-12/h1-6,13-14H. The summed E-state index contributed by atoms with van der Waals surface area (Å²) in [5, 5.41) is 17.7. The van der Waals surface area contributed by atoms with Crippen LogP contribution in [0.1, 0.15) is 0 Å². The fourth-order valence-corrected chi connectivity index (χ4v) is 1.10. The maximum absolute atomic E-state index is 8.84. The average molecular weight is 189 g/mol. The summed E-state index contributed by atoms with van der Waals surface area (Å²) in [5.41, 5.74) is 0.369. The van der Waals surface area contributed by atoms with Gasteiger partial charge in [0.1, 0.15) is 12.1 Å². The lowest BCUT2D eigenvalue weighted by Gasteiger charge is -2.02. The van der Waals surface area contributed by atoms with Crippen LogP contribution in [0.2, 0.25) is 0 Å². The first kappa shape index (κ1) is 8.92. The van der Waals surface area contributed by atoms with E-state index in [2.05, 4.69) is 9.97 Å². The predicted octanol–water partition coefficient (Wildman–Crippen LogP) is -1.05. The second-order valence-corrected chi connectivity index (χ2v) is 2.79. The summed E-state index contributed by atoms with van der Waals surface area (Å²) in [6, 6.07) is 3.30. The molecule has 0 saturated carbocycles. The van der Waals surface area contributed by atoms with E-state index >= 15 is 0 Å². The van der Waals surface area contributed by atoms with E-state index in [1.807, 2.05) is 0 Å². The summed E-state index contributed by atoms with van der Waals surface area (Å²) in [4.78, 5) is 7.93. The van der Waals surface area contributed by atoms with Crippen LogP contribution in [-0.4, -0.2) is 31.7 Å². The molecule has 0 aromatic carbocycles. The van der Waals surface area contributed by atoms with Crippen LogP contribution in [0, 0.1) is 0 Å². The highest BCUT2D eigenvalue weighted by atomic mass is 16.4. The van der Waals surface area contributed by atoms with Crippen LogP contribution in [0.4, 0.5) is 0 Å². The fraction of sp³-hybridized carbons (Fsp3) is 0. The normalized spacial score (nSPS) is 10.1. The van der Waals surface area contributed by atoms with Gasteiger partial charge in [0.15, 0.2) is 0 Å². The Labute approximate surface area is 80.8 Å². The topological polar surface area (TPSA) is 71.2 Å². The lowest BCUT2D eigenvalue weighted by Crippen LogP contribution is -2.30. The molecule has 0 aliphatic carbocycles. The second kappa shape index (κ2) is 3.61. The van der Waals surface area contributed by atoms with Gasteiger partial charge in [-0.2, -0.15) is 0 Å². The lowest BCUT2D eigenvalue weighted by molar-refractivity contribution is 0.425. The Kier molecular flexibility index (Phi) is 2.30. The Morgan fingerprint density at radius 3 is 2.64 bits per heavy atom. The van der Waals surface area contributed by atoms with Crippen molar-refractivity contribution in [3.63, 3.8) is 0 Å². The van der Waals surface area contributed by atoms with E-state index in [1.165, 1.54) is 6.20 Å². The number of hydrogen-bond acceptors (Lipinski definition) is 4. The molecule has 0 atom stereocenters. The summed E-state index contributed by atoms with van der Waals surface area (Å²) < 4.78 is 1.73. The zero-order chi connectivity index (χ0) is 9.97. The monoisotopic (exact) mass is 189 g/mol. The Morgan fingerprint density at radius 1 is 1.29 bits per heavy atom. The molecule has 0 fully saturated rings. The molecule has 2 aromatic rings. The number of imidazole rings is 1. The van der Waals surface area contributed by atoms with E-state index in [0.29, 0.717) is 11.3 Å². The van der Waals surface area contributed by atoms with Crippen LogP contribution < -0.4 is 5.46 Å². The van der Waals surface area contributed by atoms with Gasteiger partial charge in [0.05, 0.1) is 0 Å². The Balaban J connectivity index is 2.31. The summed E-state index contributed by atoms with van der Waals surface area (Å²) >= 11 is 0. The van der Waals surface area contributed by atoms with Crippen molar-refractivity contribution >= 4 is 12.6 Å². The minimum atomic E-state index is -1.47. The maximum atomic E-state index is 8.84. The zero-order valence-electron chi connectivity index (χ0n) is 7.28. The van der Waals surface area contributed by atoms with E-state index in [9.17, 15) is 0 Å². The molecular weight excluding hydrogens is 181 g/mol. The minimum Gasteiger partial charge on any atom is -0.423 e. The van der Waals surface area contributed by atoms with Crippen molar-refractivity contribution in [2.75, 3.05) is 0 Å². The molecule has 2 rings (SSSR count). The van der Waals surface area contributed by atoms with Crippen molar-refractivity contribution in [3.05, 3.63) is 37.1 Å². The van der Waals surface area contributed by atoms with E-state index < -0.39 is 7.12 Å². The molecule has 0 radical (unpaired) electrons. The van der Waals surface area contributed by atoms with Gasteiger partial charge < -0.3 is 10.0 Å². The zero-order valence-corrected chi connectivity index (χ0v) is 7.28.